The van der Waals surface area contributed by atoms with Gasteiger partial charge in [0.1, 0.15) is 0 Å². The molecule has 1 aromatic carbocycles. The molecule has 0 aliphatic rings. The molecule has 0 saturated carbocycles. The number of nitrogens with one attached hydrogen (secondary N) is 1. The summed E-state index contributed by atoms with van der Waals surface area (Å²) in [5.41, 5.74) is 2.80. The summed E-state index contributed by atoms with van der Waals surface area (Å²) in [5.74, 6) is 0.768. The minimum absolute atomic E-state index is 0.603. The summed E-state index contributed by atoms with van der Waals surface area (Å²) in [6, 6.07) is 9.52. The maximum atomic E-state index is 3.57. The van der Waals surface area contributed by atoms with Gasteiger partial charge in [0.2, 0.25) is 0 Å². The number of hydrogen-bond acceptors (Lipinski definition) is 1. The van der Waals surface area contributed by atoms with Crippen LogP contribution in [-0.2, 0) is 13.0 Å². The molecule has 0 aliphatic heterocycles. The van der Waals surface area contributed by atoms with Gasteiger partial charge in [0, 0.05) is 12.6 Å². The number of benzene rings is 1. The first kappa shape index (κ1) is 13.2. The van der Waals surface area contributed by atoms with Gasteiger partial charge in [-0.2, -0.15) is 0 Å². The number of aryl methyl sites for hydroxylation is 1. The normalized spacial score (nSPS) is 13.1. The van der Waals surface area contributed by atoms with Crippen LogP contribution in [0, 0.1) is 5.92 Å². The summed E-state index contributed by atoms with van der Waals surface area (Å²) in [6.45, 7) is 9.98. The predicted molar refractivity (Wildman–Crippen MR) is 71.6 cm³/mol. The third-order valence-electron chi connectivity index (χ3n) is 2.91. The third kappa shape index (κ3) is 4.80. The Bertz CT molecular complexity index is 287. The van der Waals surface area contributed by atoms with Gasteiger partial charge in [0.25, 0.3) is 0 Å². The minimum Gasteiger partial charge on any atom is -0.310 e. The smallest absolute Gasteiger partial charge is 0.0207 e. The summed E-state index contributed by atoms with van der Waals surface area (Å²) in [4.78, 5) is 0. The van der Waals surface area contributed by atoms with E-state index in [4.69, 9.17) is 0 Å². The van der Waals surface area contributed by atoms with Crippen molar-refractivity contribution < 1.29 is 0 Å². The Balaban J connectivity index is 2.36. The fourth-order valence-electron chi connectivity index (χ4n) is 1.98. The van der Waals surface area contributed by atoms with Crippen LogP contribution < -0.4 is 5.32 Å². The lowest BCUT2D eigenvalue weighted by atomic mass is 10.0. The van der Waals surface area contributed by atoms with Crippen LogP contribution >= 0.6 is 0 Å². The second-order valence-electron chi connectivity index (χ2n) is 5.08. The largest absolute Gasteiger partial charge is 0.310 e. The Labute approximate surface area is 100 Å². The van der Waals surface area contributed by atoms with Crippen LogP contribution in [0.3, 0.4) is 0 Å². The molecule has 1 rings (SSSR count). The topological polar surface area (TPSA) is 12.0 Å². The fraction of sp³-hybridized carbons (Fsp3) is 0.600. The Morgan fingerprint density at radius 3 is 2.06 bits per heavy atom. The Hall–Kier alpha value is -0.820. The molecule has 0 heterocycles. The van der Waals surface area contributed by atoms with E-state index in [-0.39, 0.29) is 0 Å². The molecular weight excluding hydrogens is 194 g/mol. The van der Waals surface area contributed by atoms with Gasteiger partial charge in [0.15, 0.2) is 0 Å². The van der Waals surface area contributed by atoms with E-state index >= 15 is 0 Å². The molecule has 0 saturated heterocycles. The summed E-state index contributed by atoms with van der Waals surface area (Å²) >= 11 is 0. The van der Waals surface area contributed by atoms with Crippen LogP contribution in [0.4, 0.5) is 0 Å². The van der Waals surface area contributed by atoms with E-state index in [1.165, 1.54) is 17.5 Å². The quantitative estimate of drug-likeness (QED) is 0.768. The molecule has 1 N–H and O–H groups in total. The van der Waals surface area contributed by atoms with E-state index in [1.54, 1.807) is 0 Å². The fourth-order valence-corrected chi connectivity index (χ4v) is 1.98. The van der Waals surface area contributed by atoms with Gasteiger partial charge in [-0.1, -0.05) is 45.0 Å². The van der Waals surface area contributed by atoms with E-state index in [1.807, 2.05) is 0 Å². The van der Waals surface area contributed by atoms with Crippen molar-refractivity contribution in [3.63, 3.8) is 0 Å². The molecular formula is C15H25N. The minimum atomic E-state index is 0.603. The molecule has 1 nitrogen and oxygen atoms in total. The molecule has 0 bridgehead atoms. The zero-order chi connectivity index (χ0) is 12.0. The van der Waals surface area contributed by atoms with Gasteiger partial charge < -0.3 is 5.32 Å². The van der Waals surface area contributed by atoms with Gasteiger partial charge in [-0.3, -0.25) is 0 Å². The molecule has 0 aromatic heterocycles. The summed E-state index contributed by atoms with van der Waals surface area (Å²) < 4.78 is 0. The van der Waals surface area contributed by atoms with E-state index in [0.29, 0.717) is 6.04 Å². The second-order valence-corrected chi connectivity index (χ2v) is 5.08. The monoisotopic (exact) mass is 219 g/mol. The van der Waals surface area contributed by atoms with Gasteiger partial charge >= 0.3 is 0 Å². The number of hydrogen-bond donors (Lipinski definition) is 1. The third-order valence-corrected chi connectivity index (χ3v) is 2.91. The van der Waals surface area contributed by atoms with Gasteiger partial charge in [-0.15, -0.1) is 0 Å². The Morgan fingerprint density at radius 2 is 1.56 bits per heavy atom. The highest BCUT2D eigenvalue weighted by atomic mass is 14.9. The average Bonchev–Trinajstić information content (AvgIpc) is 2.26. The Morgan fingerprint density at radius 1 is 1.00 bits per heavy atom. The summed E-state index contributed by atoms with van der Waals surface area (Å²) in [7, 11) is 0. The van der Waals surface area contributed by atoms with E-state index < -0.39 is 0 Å². The van der Waals surface area contributed by atoms with Crippen molar-refractivity contribution >= 4 is 0 Å². The molecule has 0 radical (unpaired) electrons. The lowest BCUT2D eigenvalue weighted by molar-refractivity contribution is 0.441. The van der Waals surface area contributed by atoms with E-state index in [9.17, 15) is 0 Å². The molecule has 1 aromatic rings. The SMILES string of the molecule is CCc1ccc(CNC(C)CC(C)C)cc1. The van der Waals surface area contributed by atoms with Gasteiger partial charge in [0.05, 0.1) is 0 Å². The van der Waals surface area contributed by atoms with Crippen LogP contribution in [0.25, 0.3) is 0 Å². The molecule has 1 heteroatoms. The maximum Gasteiger partial charge on any atom is 0.0207 e. The Kier molecular flexibility index (Phi) is 5.54. The molecule has 0 aliphatic carbocycles. The second kappa shape index (κ2) is 6.70. The highest BCUT2D eigenvalue weighted by Gasteiger charge is 2.03. The first-order valence-corrected chi connectivity index (χ1v) is 6.43. The highest BCUT2D eigenvalue weighted by molar-refractivity contribution is 5.22. The van der Waals surface area contributed by atoms with Crippen LogP contribution in [-0.4, -0.2) is 6.04 Å². The molecule has 1 unspecified atom stereocenters. The van der Waals surface area contributed by atoms with Crippen molar-refractivity contribution in [3.05, 3.63) is 35.4 Å². The lowest BCUT2D eigenvalue weighted by Crippen LogP contribution is -2.26. The molecule has 0 spiro atoms. The van der Waals surface area contributed by atoms with Crippen molar-refractivity contribution in [2.75, 3.05) is 0 Å². The van der Waals surface area contributed by atoms with Crippen molar-refractivity contribution in [2.24, 2.45) is 5.92 Å². The van der Waals surface area contributed by atoms with Crippen molar-refractivity contribution in [1.29, 1.82) is 0 Å². The average molecular weight is 219 g/mol. The standard InChI is InChI=1S/C15H25N/c1-5-14-6-8-15(9-7-14)11-16-13(4)10-12(2)3/h6-9,12-13,16H,5,10-11H2,1-4H3. The first-order valence-electron chi connectivity index (χ1n) is 6.43. The molecule has 16 heavy (non-hydrogen) atoms. The van der Waals surface area contributed by atoms with Crippen LogP contribution in [0.15, 0.2) is 24.3 Å². The molecule has 0 amide bonds. The van der Waals surface area contributed by atoms with Crippen molar-refractivity contribution in [3.8, 4) is 0 Å². The zero-order valence-electron chi connectivity index (χ0n) is 11.1. The summed E-state index contributed by atoms with van der Waals surface area (Å²) in [6.07, 6.45) is 2.37. The van der Waals surface area contributed by atoms with Crippen LogP contribution in [0.2, 0.25) is 0 Å². The van der Waals surface area contributed by atoms with E-state index in [0.717, 1.165) is 18.9 Å². The van der Waals surface area contributed by atoms with Gasteiger partial charge in [-0.25, -0.2) is 0 Å². The molecule has 0 fully saturated rings. The maximum absolute atomic E-state index is 3.57. The van der Waals surface area contributed by atoms with Crippen LogP contribution in [0.1, 0.15) is 45.2 Å². The highest BCUT2D eigenvalue weighted by Crippen LogP contribution is 2.07. The van der Waals surface area contributed by atoms with Crippen molar-refractivity contribution in [2.45, 2.75) is 53.1 Å². The van der Waals surface area contributed by atoms with Crippen molar-refractivity contribution in [1.82, 2.24) is 5.32 Å². The lowest BCUT2D eigenvalue weighted by Gasteiger charge is -2.16. The first-order chi connectivity index (χ1) is 7.61. The van der Waals surface area contributed by atoms with Crippen LogP contribution in [0.5, 0.6) is 0 Å². The number of rotatable bonds is 6. The zero-order valence-corrected chi connectivity index (χ0v) is 11.1. The van der Waals surface area contributed by atoms with Gasteiger partial charge in [-0.05, 0) is 36.8 Å². The predicted octanol–water partition coefficient (Wildman–Crippen LogP) is 3.77. The molecule has 90 valence electrons. The molecule has 1 atom stereocenters. The summed E-state index contributed by atoms with van der Waals surface area (Å²) in [5, 5.41) is 3.57. The van der Waals surface area contributed by atoms with E-state index in [2.05, 4.69) is 57.3 Å².